The van der Waals surface area contributed by atoms with E-state index in [1.165, 1.54) is 16.5 Å². The number of hydrogen-bond donors (Lipinski definition) is 2. The van der Waals surface area contributed by atoms with Crippen LogP contribution in [0.1, 0.15) is 59.3 Å². The number of aryl methyl sites for hydroxylation is 1. The predicted molar refractivity (Wildman–Crippen MR) is 122 cm³/mol. The SMILES string of the molecule is Cc1cc([C@@H](C)Nc2ccc(F)cc2C(=O)O)c2nc(N3CCCCC3)c(C#N)c(=O)n2c1. The molecule has 1 saturated heterocycles. The second-order valence-electron chi connectivity index (χ2n) is 8.30. The van der Waals surface area contributed by atoms with Crippen LogP contribution in [0, 0.1) is 24.1 Å². The van der Waals surface area contributed by atoms with Gasteiger partial charge < -0.3 is 15.3 Å². The molecule has 9 heteroatoms. The molecule has 0 unspecified atom stereocenters. The van der Waals surface area contributed by atoms with Gasteiger partial charge in [-0.3, -0.25) is 9.20 Å². The highest BCUT2D eigenvalue weighted by Crippen LogP contribution is 2.28. The minimum absolute atomic E-state index is 0.0123. The quantitative estimate of drug-likeness (QED) is 0.608. The van der Waals surface area contributed by atoms with Crippen molar-refractivity contribution in [2.75, 3.05) is 23.3 Å². The molecular weight excluding hydrogens is 425 g/mol. The van der Waals surface area contributed by atoms with Crippen LogP contribution in [-0.2, 0) is 0 Å². The Balaban J connectivity index is 1.86. The van der Waals surface area contributed by atoms with E-state index in [0.29, 0.717) is 17.0 Å². The topological polar surface area (TPSA) is 111 Å². The predicted octanol–water partition coefficient (Wildman–Crippen LogP) is 3.88. The van der Waals surface area contributed by atoms with E-state index in [2.05, 4.69) is 5.32 Å². The summed E-state index contributed by atoms with van der Waals surface area (Å²) in [6.07, 6.45) is 4.67. The van der Waals surface area contributed by atoms with Crippen molar-refractivity contribution in [1.82, 2.24) is 9.38 Å². The molecule has 0 amide bonds. The van der Waals surface area contributed by atoms with Crippen LogP contribution >= 0.6 is 0 Å². The van der Waals surface area contributed by atoms with Gasteiger partial charge in [-0.1, -0.05) is 0 Å². The van der Waals surface area contributed by atoms with Crippen molar-refractivity contribution in [2.24, 2.45) is 0 Å². The van der Waals surface area contributed by atoms with E-state index < -0.39 is 23.4 Å². The molecule has 1 aliphatic heterocycles. The lowest BCUT2D eigenvalue weighted by atomic mass is 10.1. The third-order valence-corrected chi connectivity index (χ3v) is 5.89. The average Bonchev–Trinajstić information content (AvgIpc) is 2.80. The third kappa shape index (κ3) is 4.24. The van der Waals surface area contributed by atoms with E-state index in [1.807, 2.05) is 30.9 Å². The number of pyridine rings is 1. The summed E-state index contributed by atoms with van der Waals surface area (Å²) in [5.41, 5.74) is 1.47. The minimum atomic E-state index is -1.25. The van der Waals surface area contributed by atoms with E-state index in [9.17, 15) is 24.3 Å². The Hall–Kier alpha value is -3.93. The number of aromatic carboxylic acids is 1. The van der Waals surface area contributed by atoms with Crippen molar-refractivity contribution in [3.05, 3.63) is 68.9 Å². The Morgan fingerprint density at radius 1 is 1.27 bits per heavy atom. The molecule has 170 valence electrons. The summed E-state index contributed by atoms with van der Waals surface area (Å²) in [4.78, 5) is 31.6. The zero-order valence-electron chi connectivity index (χ0n) is 18.4. The number of nitrogens with zero attached hydrogens (tertiary/aromatic N) is 4. The first-order valence-corrected chi connectivity index (χ1v) is 10.8. The fourth-order valence-electron chi connectivity index (χ4n) is 4.28. The first-order chi connectivity index (χ1) is 15.8. The standard InChI is InChI=1S/C24H24FN5O3/c1-14-10-17(15(2)27-20-7-6-16(25)11-18(20)24(32)33)22-28-21(29-8-4-3-5-9-29)19(12-26)23(31)30(22)13-14/h6-7,10-11,13,15,27H,3-5,8-9H2,1-2H3,(H,32,33)/t15-/m1/s1. The number of nitrogens with one attached hydrogen (secondary N) is 1. The molecule has 3 aromatic rings. The molecule has 1 fully saturated rings. The number of nitriles is 1. The van der Waals surface area contributed by atoms with Crippen LogP contribution in [0.3, 0.4) is 0 Å². The Bertz CT molecular complexity index is 1340. The molecular formula is C24H24FN5O3. The molecule has 3 heterocycles. The largest absolute Gasteiger partial charge is 0.478 e. The van der Waals surface area contributed by atoms with Gasteiger partial charge >= 0.3 is 5.97 Å². The van der Waals surface area contributed by atoms with E-state index in [-0.39, 0.29) is 16.8 Å². The van der Waals surface area contributed by atoms with Gasteiger partial charge in [-0.2, -0.15) is 5.26 Å². The molecule has 33 heavy (non-hydrogen) atoms. The van der Waals surface area contributed by atoms with Gasteiger partial charge in [-0.15, -0.1) is 0 Å². The average molecular weight is 449 g/mol. The fraction of sp³-hybridized carbons (Fsp3) is 0.333. The summed E-state index contributed by atoms with van der Waals surface area (Å²) in [5, 5.41) is 22.3. The number of carboxylic acid groups (broad SMARTS) is 1. The zero-order chi connectivity index (χ0) is 23.7. The maximum Gasteiger partial charge on any atom is 0.337 e. The molecule has 4 rings (SSSR count). The van der Waals surface area contributed by atoms with Gasteiger partial charge in [0.25, 0.3) is 5.56 Å². The molecule has 0 bridgehead atoms. The van der Waals surface area contributed by atoms with Crippen LogP contribution in [0.5, 0.6) is 0 Å². The maximum atomic E-state index is 13.6. The van der Waals surface area contributed by atoms with Crippen LogP contribution in [0.4, 0.5) is 15.9 Å². The van der Waals surface area contributed by atoms with Crippen LogP contribution in [0.25, 0.3) is 5.65 Å². The summed E-state index contributed by atoms with van der Waals surface area (Å²) in [7, 11) is 0. The van der Waals surface area contributed by atoms with Crippen molar-refractivity contribution in [1.29, 1.82) is 5.26 Å². The number of benzene rings is 1. The number of fused-ring (bicyclic) bond motifs is 1. The lowest BCUT2D eigenvalue weighted by Gasteiger charge is -2.29. The lowest BCUT2D eigenvalue weighted by molar-refractivity contribution is 0.0697. The van der Waals surface area contributed by atoms with Gasteiger partial charge in [0.05, 0.1) is 11.6 Å². The summed E-state index contributed by atoms with van der Waals surface area (Å²) >= 11 is 0. The number of carbonyl (C=O) groups is 1. The summed E-state index contributed by atoms with van der Waals surface area (Å²) in [5.74, 6) is -1.51. The normalized spacial score (nSPS) is 14.7. The number of piperidine rings is 1. The van der Waals surface area contributed by atoms with E-state index in [1.54, 1.807) is 6.20 Å². The highest BCUT2D eigenvalue weighted by atomic mass is 19.1. The van der Waals surface area contributed by atoms with Crippen LogP contribution in [0.15, 0.2) is 35.3 Å². The van der Waals surface area contributed by atoms with Crippen molar-refractivity contribution in [3.63, 3.8) is 0 Å². The summed E-state index contributed by atoms with van der Waals surface area (Å²) in [6.45, 7) is 5.09. The van der Waals surface area contributed by atoms with Crippen LogP contribution in [0.2, 0.25) is 0 Å². The number of aromatic nitrogens is 2. The number of halogens is 1. The molecule has 2 N–H and O–H groups in total. The highest BCUT2D eigenvalue weighted by Gasteiger charge is 2.23. The van der Waals surface area contributed by atoms with E-state index >= 15 is 0 Å². The smallest absolute Gasteiger partial charge is 0.337 e. The molecule has 0 spiro atoms. The second-order valence-corrected chi connectivity index (χ2v) is 8.30. The van der Waals surface area contributed by atoms with Crippen molar-refractivity contribution < 1.29 is 14.3 Å². The Morgan fingerprint density at radius 2 is 2.00 bits per heavy atom. The van der Waals surface area contributed by atoms with Gasteiger partial charge in [0.15, 0.2) is 11.4 Å². The molecule has 1 atom stereocenters. The van der Waals surface area contributed by atoms with Crippen LogP contribution < -0.4 is 15.8 Å². The second kappa shape index (κ2) is 8.90. The van der Waals surface area contributed by atoms with E-state index in [0.717, 1.165) is 44.0 Å². The molecule has 0 saturated carbocycles. The Labute approximate surface area is 189 Å². The lowest BCUT2D eigenvalue weighted by Crippen LogP contribution is -2.34. The molecule has 1 aromatic carbocycles. The van der Waals surface area contributed by atoms with Gasteiger partial charge in [-0.05, 0) is 62.9 Å². The number of hydrogen-bond acceptors (Lipinski definition) is 6. The van der Waals surface area contributed by atoms with E-state index in [4.69, 9.17) is 4.98 Å². The monoisotopic (exact) mass is 449 g/mol. The van der Waals surface area contributed by atoms with Gasteiger partial charge in [-0.25, -0.2) is 14.2 Å². The fourth-order valence-corrected chi connectivity index (χ4v) is 4.28. The highest BCUT2D eigenvalue weighted by molar-refractivity contribution is 5.94. The van der Waals surface area contributed by atoms with Gasteiger partial charge in [0.2, 0.25) is 0 Å². The number of rotatable bonds is 5. The molecule has 1 aliphatic rings. The minimum Gasteiger partial charge on any atom is -0.478 e. The maximum absolute atomic E-state index is 13.6. The summed E-state index contributed by atoms with van der Waals surface area (Å²) < 4.78 is 15.0. The van der Waals surface area contributed by atoms with Crippen molar-refractivity contribution in [2.45, 2.75) is 39.2 Å². The van der Waals surface area contributed by atoms with Gasteiger partial charge in [0.1, 0.15) is 17.5 Å². The number of anilines is 2. The van der Waals surface area contributed by atoms with Gasteiger partial charge in [0, 0.05) is 30.5 Å². The molecule has 0 aliphatic carbocycles. The third-order valence-electron chi connectivity index (χ3n) is 5.89. The first-order valence-electron chi connectivity index (χ1n) is 10.8. The molecule has 0 radical (unpaired) electrons. The molecule has 2 aromatic heterocycles. The van der Waals surface area contributed by atoms with Crippen molar-refractivity contribution in [3.8, 4) is 6.07 Å². The first kappa shape index (κ1) is 22.3. The van der Waals surface area contributed by atoms with Crippen molar-refractivity contribution >= 4 is 23.1 Å². The number of carboxylic acids is 1. The Kier molecular flexibility index (Phi) is 6.01. The summed E-state index contributed by atoms with van der Waals surface area (Å²) in [6, 6.07) is 6.96. The zero-order valence-corrected chi connectivity index (χ0v) is 18.4. The van der Waals surface area contributed by atoms with Crippen LogP contribution in [-0.4, -0.2) is 33.6 Å². The molecule has 8 nitrogen and oxygen atoms in total. The Morgan fingerprint density at radius 3 is 2.67 bits per heavy atom.